The van der Waals surface area contributed by atoms with Crippen molar-refractivity contribution in [3.63, 3.8) is 0 Å². The van der Waals surface area contributed by atoms with Crippen LogP contribution < -0.4 is 0 Å². The summed E-state index contributed by atoms with van der Waals surface area (Å²) in [5, 5.41) is 9.53. The van der Waals surface area contributed by atoms with E-state index in [1.54, 1.807) is 6.92 Å². The quantitative estimate of drug-likeness (QED) is 0.923. The number of aliphatic hydroxyl groups excluding tert-OH is 1. The number of alkyl halides is 3. The van der Waals surface area contributed by atoms with Crippen LogP contribution in [0.5, 0.6) is 0 Å². The molecule has 1 N–H and O–H groups in total. The fourth-order valence-electron chi connectivity index (χ4n) is 2.62. The topological polar surface area (TPSA) is 41.3 Å². The second-order valence-electron chi connectivity index (χ2n) is 5.44. The van der Waals surface area contributed by atoms with Crippen molar-refractivity contribution >= 4 is 0 Å². The van der Waals surface area contributed by atoms with E-state index in [2.05, 4.69) is 9.88 Å². The Hall–Kier alpha value is -1.08. The van der Waals surface area contributed by atoms with Crippen molar-refractivity contribution in [2.75, 3.05) is 13.1 Å². The zero-order chi connectivity index (χ0) is 14.8. The van der Waals surface area contributed by atoms with Crippen molar-refractivity contribution in [2.45, 2.75) is 45.1 Å². The Morgan fingerprint density at radius 2 is 2.05 bits per heavy atom. The molecule has 1 atom stereocenters. The molecule has 0 saturated carbocycles. The molecule has 0 aromatic carbocycles. The van der Waals surface area contributed by atoms with Gasteiger partial charge < -0.3 is 9.67 Å². The van der Waals surface area contributed by atoms with E-state index >= 15 is 0 Å². The molecular formula is C13H20F3N3O. The molecule has 4 nitrogen and oxygen atoms in total. The van der Waals surface area contributed by atoms with Crippen LogP contribution in [-0.4, -0.2) is 44.9 Å². The molecule has 1 fully saturated rings. The fourth-order valence-corrected chi connectivity index (χ4v) is 2.62. The summed E-state index contributed by atoms with van der Waals surface area (Å²) in [6, 6.07) is 0. The van der Waals surface area contributed by atoms with Gasteiger partial charge in [0.25, 0.3) is 0 Å². The Balaban J connectivity index is 1.90. The number of nitrogens with zero attached hydrogens (tertiary/aromatic N) is 3. The predicted octanol–water partition coefficient (Wildman–Crippen LogP) is 2.04. The summed E-state index contributed by atoms with van der Waals surface area (Å²) in [4.78, 5) is 6.11. The number of imidazole rings is 1. The maximum absolute atomic E-state index is 12.4. The first-order chi connectivity index (χ1) is 9.35. The van der Waals surface area contributed by atoms with E-state index < -0.39 is 12.7 Å². The highest BCUT2D eigenvalue weighted by atomic mass is 19.4. The van der Waals surface area contributed by atoms with Gasteiger partial charge in [0.2, 0.25) is 0 Å². The minimum absolute atomic E-state index is 0.293. The van der Waals surface area contributed by atoms with Gasteiger partial charge in [-0.05, 0) is 38.8 Å². The maximum Gasteiger partial charge on any atom is 0.406 e. The van der Waals surface area contributed by atoms with Gasteiger partial charge in [-0.3, -0.25) is 4.90 Å². The normalized spacial score (nSPS) is 20.2. The Bertz CT molecular complexity index is 423. The summed E-state index contributed by atoms with van der Waals surface area (Å²) in [6.45, 7) is 2.79. The molecule has 1 aromatic rings. The van der Waals surface area contributed by atoms with E-state index in [-0.39, 0.29) is 6.10 Å². The first kappa shape index (κ1) is 15.3. The van der Waals surface area contributed by atoms with Gasteiger partial charge in [-0.1, -0.05) is 0 Å². The van der Waals surface area contributed by atoms with Crippen LogP contribution in [0.25, 0.3) is 0 Å². The highest BCUT2D eigenvalue weighted by Crippen LogP contribution is 2.23. The Kier molecular flexibility index (Phi) is 4.70. The van der Waals surface area contributed by atoms with Crippen LogP contribution in [0.2, 0.25) is 0 Å². The fraction of sp³-hybridized carbons (Fsp3) is 0.769. The average molecular weight is 291 g/mol. The van der Waals surface area contributed by atoms with E-state index in [1.165, 1.54) is 12.4 Å². The standard InChI is InChI=1S/C13H20F3N3O/c1-10(20)11-2-5-18(6-3-11)8-12-17-4-7-19(12)9-13(14,15)16/h4,7,10-11,20H,2-3,5-6,8-9H2,1H3. The van der Waals surface area contributed by atoms with Crippen molar-refractivity contribution in [1.29, 1.82) is 0 Å². The maximum atomic E-state index is 12.4. The molecule has 0 bridgehead atoms. The third-order valence-corrected chi connectivity index (χ3v) is 3.83. The first-order valence-electron chi connectivity index (χ1n) is 6.82. The van der Waals surface area contributed by atoms with Crippen molar-refractivity contribution in [1.82, 2.24) is 14.5 Å². The summed E-state index contributed by atoms with van der Waals surface area (Å²) >= 11 is 0. The molecule has 1 aliphatic heterocycles. The smallest absolute Gasteiger partial charge is 0.393 e. The summed E-state index contributed by atoms with van der Waals surface area (Å²) in [5.41, 5.74) is 0. The van der Waals surface area contributed by atoms with Crippen LogP contribution in [0, 0.1) is 5.92 Å². The van der Waals surface area contributed by atoms with Gasteiger partial charge in [0.1, 0.15) is 12.4 Å². The molecule has 2 heterocycles. The number of hydrogen-bond acceptors (Lipinski definition) is 3. The number of aliphatic hydroxyl groups is 1. The van der Waals surface area contributed by atoms with Crippen molar-refractivity contribution in [3.05, 3.63) is 18.2 Å². The third kappa shape index (κ3) is 4.21. The summed E-state index contributed by atoms with van der Waals surface area (Å²) in [7, 11) is 0. The van der Waals surface area contributed by atoms with Crippen LogP contribution in [0.15, 0.2) is 12.4 Å². The molecule has 114 valence electrons. The lowest BCUT2D eigenvalue weighted by Gasteiger charge is -2.33. The lowest BCUT2D eigenvalue weighted by Crippen LogP contribution is -2.37. The first-order valence-corrected chi connectivity index (χ1v) is 6.82. The van der Waals surface area contributed by atoms with Crippen molar-refractivity contribution < 1.29 is 18.3 Å². The molecule has 1 saturated heterocycles. The van der Waals surface area contributed by atoms with E-state index in [1.807, 2.05) is 0 Å². The number of rotatable bonds is 4. The third-order valence-electron chi connectivity index (χ3n) is 3.83. The molecule has 0 spiro atoms. The molecule has 20 heavy (non-hydrogen) atoms. The van der Waals surface area contributed by atoms with Crippen LogP contribution in [0.3, 0.4) is 0 Å². The van der Waals surface area contributed by atoms with Crippen LogP contribution in [0.4, 0.5) is 13.2 Å². The lowest BCUT2D eigenvalue weighted by molar-refractivity contribution is -0.141. The second-order valence-corrected chi connectivity index (χ2v) is 5.44. The number of halogens is 3. The van der Waals surface area contributed by atoms with Crippen molar-refractivity contribution in [2.24, 2.45) is 5.92 Å². The molecule has 2 rings (SSSR count). The van der Waals surface area contributed by atoms with Gasteiger partial charge >= 0.3 is 6.18 Å². The second kappa shape index (κ2) is 6.13. The van der Waals surface area contributed by atoms with Crippen LogP contribution in [-0.2, 0) is 13.1 Å². The van der Waals surface area contributed by atoms with Crippen molar-refractivity contribution in [3.8, 4) is 0 Å². The van der Waals surface area contributed by atoms with E-state index in [0.29, 0.717) is 18.3 Å². The zero-order valence-electron chi connectivity index (χ0n) is 11.5. The molecule has 0 aliphatic carbocycles. The highest BCUT2D eigenvalue weighted by Gasteiger charge is 2.29. The van der Waals surface area contributed by atoms with Gasteiger partial charge in [-0.25, -0.2) is 4.98 Å². The highest BCUT2D eigenvalue weighted by molar-refractivity contribution is 4.94. The summed E-state index contributed by atoms with van der Waals surface area (Å²) in [5.74, 6) is 0.735. The van der Waals surface area contributed by atoms with Crippen LogP contribution >= 0.6 is 0 Å². The SMILES string of the molecule is CC(O)C1CCN(Cc2nccn2CC(F)(F)F)CC1. The largest absolute Gasteiger partial charge is 0.406 e. The molecule has 7 heteroatoms. The number of aromatic nitrogens is 2. The van der Waals surface area contributed by atoms with E-state index in [4.69, 9.17) is 0 Å². The number of hydrogen-bond donors (Lipinski definition) is 1. The lowest BCUT2D eigenvalue weighted by atomic mass is 9.92. The molecular weight excluding hydrogens is 271 g/mol. The van der Waals surface area contributed by atoms with Gasteiger partial charge in [-0.2, -0.15) is 13.2 Å². The van der Waals surface area contributed by atoms with Gasteiger partial charge in [0.05, 0.1) is 12.6 Å². The van der Waals surface area contributed by atoms with Gasteiger partial charge in [-0.15, -0.1) is 0 Å². The van der Waals surface area contributed by atoms with E-state index in [0.717, 1.165) is 30.5 Å². The monoisotopic (exact) mass is 291 g/mol. The summed E-state index contributed by atoms with van der Waals surface area (Å²) < 4.78 is 38.4. The number of piperidine rings is 1. The summed E-state index contributed by atoms with van der Waals surface area (Å²) in [6.07, 6.45) is -0.0247. The zero-order valence-corrected chi connectivity index (χ0v) is 11.5. The Labute approximate surface area is 116 Å². The van der Waals surface area contributed by atoms with Crippen LogP contribution in [0.1, 0.15) is 25.6 Å². The Morgan fingerprint density at radius 3 is 2.60 bits per heavy atom. The molecule has 1 aliphatic rings. The minimum Gasteiger partial charge on any atom is -0.393 e. The van der Waals surface area contributed by atoms with Gasteiger partial charge in [0, 0.05) is 12.4 Å². The Morgan fingerprint density at radius 1 is 1.40 bits per heavy atom. The van der Waals surface area contributed by atoms with E-state index in [9.17, 15) is 18.3 Å². The average Bonchev–Trinajstić information content (AvgIpc) is 2.75. The minimum atomic E-state index is -4.23. The molecule has 1 aromatic heterocycles. The molecule has 0 amide bonds. The molecule has 1 unspecified atom stereocenters. The van der Waals surface area contributed by atoms with Gasteiger partial charge in [0.15, 0.2) is 0 Å². The predicted molar refractivity (Wildman–Crippen MR) is 68.0 cm³/mol. The molecule has 0 radical (unpaired) electrons. The number of likely N-dealkylation sites (tertiary alicyclic amines) is 1.